The molecule has 67 heavy (non-hydrogen) atoms. The molecule has 4 aliphatic rings. The molecule has 0 radical (unpaired) electrons. The molecular weight excluding hydrogens is 845 g/mol. The average Bonchev–Trinajstić information content (AvgIpc) is 3.31. The van der Waals surface area contributed by atoms with Crippen LogP contribution in [0.4, 0.5) is 0 Å². The van der Waals surface area contributed by atoms with Crippen LogP contribution in [-0.2, 0) is 49.7 Å². The molecule has 0 spiro atoms. The minimum atomic E-state index is -1.34. The van der Waals surface area contributed by atoms with Crippen molar-refractivity contribution in [2.24, 2.45) is 5.92 Å². The molecule has 7 unspecified atom stereocenters. The number of allylic oxidation sites excluding steroid dienone is 3. The van der Waals surface area contributed by atoms with E-state index in [1.165, 1.54) is 23.8 Å². The van der Waals surface area contributed by atoms with Crippen molar-refractivity contribution in [1.29, 1.82) is 0 Å². The van der Waals surface area contributed by atoms with Crippen molar-refractivity contribution in [3.05, 3.63) is 169 Å². The largest absolute Gasteiger partial charge is 0.482 e. The lowest BCUT2D eigenvalue weighted by molar-refractivity contribution is -0.190. The molecule has 346 valence electrons. The van der Waals surface area contributed by atoms with Gasteiger partial charge in [-0.2, -0.15) is 0 Å². The van der Waals surface area contributed by atoms with Gasteiger partial charge in [-0.05, 0) is 110 Å². The van der Waals surface area contributed by atoms with Crippen LogP contribution in [0.5, 0.6) is 5.75 Å². The molecule has 4 heterocycles. The van der Waals surface area contributed by atoms with Gasteiger partial charge in [0.05, 0.1) is 25.2 Å². The molecule has 10 nitrogen and oxygen atoms in total. The smallest absolute Gasteiger partial charge is 0.340 e. The zero-order valence-corrected chi connectivity index (χ0v) is 38.6. The topological polar surface area (TPSA) is 142 Å². The van der Waals surface area contributed by atoms with E-state index in [1.54, 1.807) is 19.1 Å². The van der Waals surface area contributed by atoms with Gasteiger partial charge < -0.3 is 33.6 Å². The highest BCUT2D eigenvalue weighted by Crippen LogP contribution is 2.50. The van der Waals surface area contributed by atoms with Gasteiger partial charge in [-0.3, -0.25) is 4.79 Å². The number of carbonyl (C=O) groups excluding carboxylic acids is 2. The first kappa shape index (κ1) is 45.9. The highest BCUT2D eigenvalue weighted by molar-refractivity contribution is 5.90. The van der Waals surface area contributed by atoms with E-state index < -0.39 is 47.9 Å². The number of aliphatic hydroxyl groups excluding tert-OH is 2. The zero-order valence-electron chi connectivity index (χ0n) is 38.6. The summed E-state index contributed by atoms with van der Waals surface area (Å²) in [5.74, 6) is 5.12. The van der Waals surface area contributed by atoms with Crippen LogP contribution in [-0.4, -0.2) is 54.2 Å². The summed E-state index contributed by atoms with van der Waals surface area (Å²) in [5.41, 5.74) is 6.83. The highest BCUT2D eigenvalue weighted by Gasteiger charge is 2.53. The predicted octanol–water partition coefficient (Wildman–Crippen LogP) is 9.40. The number of carbonyl (C=O) groups is 2. The summed E-state index contributed by atoms with van der Waals surface area (Å²) in [7, 11) is 1.50. The Kier molecular flexibility index (Phi) is 13.4. The molecule has 10 heteroatoms. The van der Waals surface area contributed by atoms with Crippen LogP contribution in [0.15, 0.2) is 117 Å². The molecule has 3 aliphatic heterocycles. The first-order valence-electron chi connectivity index (χ1n) is 23.5. The molecule has 9 rings (SSSR count). The fourth-order valence-corrected chi connectivity index (χ4v) is 10.8. The normalized spacial score (nSPS) is 23.9. The van der Waals surface area contributed by atoms with E-state index in [-0.39, 0.29) is 72.7 Å². The predicted molar refractivity (Wildman–Crippen MR) is 255 cm³/mol. The standard InChI is InChI=1S/C57H58O10/c1-34(2)43-19-16-36-17-20-44-40(28-36)14-8-9-25-57(3)54(66-55(43)61)53(51-48(67-57)23-22-46-47(32-59)50(56(62)65-52(46)51)41(24-26-58)33-63-4)64-49(60)31-42-30-39(18-21-45(42)44)38-15-10-13-37(29-38)27-35-11-6-5-7-12-35/h5-7,10-13,15,17-18,20-23,28-29,39,41-42,45,53-54,58-59H,14,16,19,24-27,30-33H2,1-4H3. The Labute approximate surface area is 391 Å². The van der Waals surface area contributed by atoms with Crippen LogP contribution in [0, 0.1) is 17.8 Å². The second-order valence-electron chi connectivity index (χ2n) is 19.0. The molecule has 0 saturated heterocycles. The second kappa shape index (κ2) is 19.5. The first-order chi connectivity index (χ1) is 32.5. The number of aryl methyl sites for hydroxylation is 1. The van der Waals surface area contributed by atoms with Gasteiger partial charge in [0.2, 0.25) is 0 Å². The Morgan fingerprint density at radius 3 is 2.51 bits per heavy atom. The first-order valence-corrected chi connectivity index (χ1v) is 23.5. The lowest BCUT2D eigenvalue weighted by atomic mass is 9.71. The molecule has 0 amide bonds. The SMILES string of the molecule is COCC(CCO)c1c(CO)c2ccc3c(c2oc1=O)C1OC(=O)CC2CC(c4cccc(Cc5ccccc5)c4)C=CC2c2ccc4cc2CC#CCC(C)(O3)C1OC(=O)C(=C(C)C)CC4. The van der Waals surface area contributed by atoms with E-state index in [0.29, 0.717) is 42.2 Å². The zero-order chi connectivity index (χ0) is 46.8. The van der Waals surface area contributed by atoms with Gasteiger partial charge in [-0.1, -0.05) is 102 Å². The minimum Gasteiger partial charge on any atom is -0.482 e. The fraction of sp³-hybridized carbons (Fsp3) is 0.386. The fourth-order valence-electron chi connectivity index (χ4n) is 10.8. The maximum Gasteiger partial charge on any atom is 0.340 e. The summed E-state index contributed by atoms with van der Waals surface area (Å²) in [6.07, 6.45) is 5.25. The number of hydrogen-bond acceptors (Lipinski definition) is 10. The van der Waals surface area contributed by atoms with Crippen molar-refractivity contribution in [3.63, 3.8) is 0 Å². The van der Waals surface area contributed by atoms with Crippen LogP contribution in [0.2, 0.25) is 0 Å². The minimum absolute atomic E-state index is 0.0251. The van der Waals surface area contributed by atoms with Gasteiger partial charge in [-0.15, -0.1) is 0 Å². The maximum atomic E-state index is 15.1. The third kappa shape index (κ3) is 9.25. The number of benzene rings is 4. The van der Waals surface area contributed by atoms with Gasteiger partial charge in [0.1, 0.15) is 11.3 Å². The third-order valence-corrected chi connectivity index (χ3v) is 14.2. The Bertz CT molecular complexity index is 2870. The van der Waals surface area contributed by atoms with Crippen molar-refractivity contribution in [1.82, 2.24) is 0 Å². The Morgan fingerprint density at radius 1 is 0.910 bits per heavy atom. The number of aliphatic hydroxyl groups is 2. The molecule has 5 bridgehead atoms. The Balaban J connectivity index is 1.21. The van der Waals surface area contributed by atoms with Crippen LogP contribution < -0.4 is 10.4 Å². The average molecular weight is 903 g/mol. The number of esters is 2. The lowest BCUT2D eigenvalue weighted by Gasteiger charge is -2.45. The van der Waals surface area contributed by atoms with E-state index in [4.69, 9.17) is 23.4 Å². The van der Waals surface area contributed by atoms with Gasteiger partial charge in [0.25, 0.3) is 0 Å². The van der Waals surface area contributed by atoms with Crippen LogP contribution in [0.25, 0.3) is 11.0 Å². The van der Waals surface area contributed by atoms with Crippen molar-refractivity contribution in [3.8, 4) is 17.6 Å². The van der Waals surface area contributed by atoms with Gasteiger partial charge >= 0.3 is 17.6 Å². The van der Waals surface area contributed by atoms with Crippen LogP contribution in [0.3, 0.4) is 0 Å². The maximum absolute atomic E-state index is 15.1. The second-order valence-corrected chi connectivity index (χ2v) is 19.0. The lowest BCUT2D eigenvalue weighted by Crippen LogP contribution is -2.54. The summed E-state index contributed by atoms with van der Waals surface area (Å²) in [6, 6.07) is 29.0. The monoisotopic (exact) mass is 902 g/mol. The molecular formula is C57H58O10. The summed E-state index contributed by atoms with van der Waals surface area (Å²) in [5, 5.41) is 21.3. The summed E-state index contributed by atoms with van der Waals surface area (Å²) in [6.45, 7) is 4.92. The molecule has 4 aromatic carbocycles. The third-order valence-electron chi connectivity index (χ3n) is 14.2. The van der Waals surface area contributed by atoms with Gasteiger partial charge in [0, 0.05) is 60.8 Å². The molecule has 0 fully saturated rings. The van der Waals surface area contributed by atoms with Crippen molar-refractivity contribution in [2.45, 2.75) is 114 Å². The van der Waals surface area contributed by atoms with Gasteiger partial charge in [-0.25, -0.2) is 9.59 Å². The van der Waals surface area contributed by atoms with Gasteiger partial charge in [0.15, 0.2) is 17.8 Å². The van der Waals surface area contributed by atoms with E-state index in [1.807, 2.05) is 19.9 Å². The Hall–Kier alpha value is -6.25. The number of hydrogen-bond donors (Lipinski definition) is 2. The van der Waals surface area contributed by atoms with Crippen molar-refractivity contribution >= 4 is 22.9 Å². The molecule has 7 atom stereocenters. The van der Waals surface area contributed by atoms with Crippen molar-refractivity contribution in [2.75, 3.05) is 20.3 Å². The summed E-state index contributed by atoms with van der Waals surface area (Å²) < 4.78 is 31.8. The van der Waals surface area contributed by atoms with Crippen LogP contribution in [0.1, 0.15) is 127 Å². The number of fused-ring (bicyclic) bond motifs is 9. The molecule has 0 saturated carbocycles. The van der Waals surface area contributed by atoms with E-state index in [2.05, 4.69) is 90.7 Å². The van der Waals surface area contributed by atoms with Crippen LogP contribution >= 0.6 is 0 Å². The number of methoxy groups -OCH3 is 1. The number of rotatable bonds is 9. The molecule has 1 aromatic heterocycles. The summed E-state index contributed by atoms with van der Waals surface area (Å²) in [4.78, 5) is 43.8. The summed E-state index contributed by atoms with van der Waals surface area (Å²) >= 11 is 0. The van der Waals surface area contributed by atoms with Crippen molar-refractivity contribution < 1.29 is 43.2 Å². The number of ether oxygens (including phenoxy) is 4. The molecule has 5 aromatic rings. The molecule has 2 N–H and O–H groups in total. The Morgan fingerprint density at radius 2 is 1.73 bits per heavy atom. The van der Waals surface area contributed by atoms with E-state index in [9.17, 15) is 19.8 Å². The van der Waals surface area contributed by atoms with E-state index in [0.717, 1.165) is 28.7 Å². The quantitative estimate of drug-likeness (QED) is 0.0483. The highest BCUT2D eigenvalue weighted by atomic mass is 16.6. The molecule has 1 aliphatic carbocycles. The van der Waals surface area contributed by atoms with E-state index >= 15 is 4.79 Å².